The molecule has 15 heavy (non-hydrogen) atoms. The molecule has 1 saturated carbocycles. The first-order valence-corrected chi connectivity index (χ1v) is 7.64. The number of halogens is 1. The van der Waals surface area contributed by atoms with Gasteiger partial charge >= 0.3 is 0 Å². The van der Waals surface area contributed by atoms with Gasteiger partial charge in [-0.2, -0.15) is 0 Å². The molecule has 2 heteroatoms. The van der Waals surface area contributed by atoms with Crippen LogP contribution in [0, 0.1) is 5.92 Å². The maximum atomic E-state index is 6.22. The molecule has 88 valence electrons. The molecule has 0 bridgehead atoms. The second kappa shape index (κ2) is 5.18. The van der Waals surface area contributed by atoms with Crippen molar-refractivity contribution in [2.45, 2.75) is 70.0 Å². The van der Waals surface area contributed by atoms with E-state index in [-0.39, 0.29) is 0 Å². The van der Waals surface area contributed by atoms with Gasteiger partial charge in [0.25, 0.3) is 0 Å². The van der Waals surface area contributed by atoms with Crippen LogP contribution in [0.3, 0.4) is 0 Å². The Morgan fingerprint density at radius 3 is 2.40 bits per heavy atom. The molecule has 1 atom stereocenters. The van der Waals surface area contributed by atoms with E-state index in [2.05, 4.69) is 22.9 Å². The van der Waals surface area contributed by atoms with Gasteiger partial charge in [0.15, 0.2) is 0 Å². The Kier molecular flexibility index (Phi) is 4.11. The number of ether oxygens (including phenoxy) is 1. The average molecular weight is 275 g/mol. The molecular formula is C13H23BrO. The summed E-state index contributed by atoms with van der Waals surface area (Å²) < 4.78 is 6.22. The minimum absolute atomic E-state index is 0.294. The van der Waals surface area contributed by atoms with Crippen molar-refractivity contribution < 1.29 is 4.74 Å². The van der Waals surface area contributed by atoms with Gasteiger partial charge in [-0.15, -0.1) is 0 Å². The third kappa shape index (κ3) is 2.76. The van der Waals surface area contributed by atoms with E-state index in [0.717, 1.165) is 11.2 Å². The minimum Gasteiger partial charge on any atom is -0.371 e. The highest BCUT2D eigenvalue weighted by Crippen LogP contribution is 2.44. The number of rotatable bonds is 3. The lowest BCUT2D eigenvalue weighted by molar-refractivity contribution is -0.0639. The van der Waals surface area contributed by atoms with Crippen LogP contribution in [-0.2, 0) is 4.74 Å². The molecule has 1 saturated heterocycles. The van der Waals surface area contributed by atoms with Crippen molar-refractivity contribution in [3.63, 3.8) is 0 Å². The van der Waals surface area contributed by atoms with Crippen molar-refractivity contribution in [3.8, 4) is 0 Å². The molecule has 2 rings (SSSR count). The van der Waals surface area contributed by atoms with Gasteiger partial charge in [-0.05, 0) is 44.4 Å². The summed E-state index contributed by atoms with van der Waals surface area (Å²) in [6.07, 6.45) is 11.3. The Bertz CT molecular complexity index is 197. The SMILES string of the molecule is CCCC1CCC2(CC1)CCC(CBr)O2. The molecule has 1 spiro atoms. The fourth-order valence-electron chi connectivity index (χ4n) is 3.27. The molecule has 1 heterocycles. The second-order valence-electron chi connectivity index (χ2n) is 5.35. The van der Waals surface area contributed by atoms with Crippen LogP contribution >= 0.6 is 15.9 Å². The number of hydrogen-bond acceptors (Lipinski definition) is 1. The summed E-state index contributed by atoms with van der Waals surface area (Å²) in [5.41, 5.74) is 0.294. The van der Waals surface area contributed by atoms with Crippen LogP contribution in [0.25, 0.3) is 0 Å². The quantitative estimate of drug-likeness (QED) is 0.698. The Morgan fingerprint density at radius 1 is 1.20 bits per heavy atom. The monoisotopic (exact) mass is 274 g/mol. The van der Waals surface area contributed by atoms with E-state index in [0.29, 0.717) is 11.7 Å². The van der Waals surface area contributed by atoms with Gasteiger partial charge < -0.3 is 4.74 Å². The van der Waals surface area contributed by atoms with Crippen LogP contribution in [0.2, 0.25) is 0 Å². The number of hydrogen-bond donors (Lipinski definition) is 0. The van der Waals surface area contributed by atoms with Crippen molar-refractivity contribution in [1.29, 1.82) is 0 Å². The van der Waals surface area contributed by atoms with E-state index in [9.17, 15) is 0 Å². The smallest absolute Gasteiger partial charge is 0.0687 e. The normalized spacial score (nSPS) is 41.2. The molecule has 2 aliphatic rings. The maximum absolute atomic E-state index is 6.22. The molecule has 0 aromatic rings. The van der Waals surface area contributed by atoms with E-state index >= 15 is 0 Å². The van der Waals surface area contributed by atoms with Gasteiger partial charge in [0.2, 0.25) is 0 Å². The average Bonchev–Trinajstić information content (AvgIpc) is 2.66. The van der Waals surface area contributed by atoms with E-state index in [1.807, 2.05) is 0 Å². The van der Waals surface area contributed by atoms with Crippen LogP contribution in [0.5, 0.6) is 0 Å². The molecule has 0 radical (unpaired) electrons. The Morgan fingerprint density at radius 2 is 1.87 bits per heavy atom. The van der Waals surface area contributed by atoms with Gasteiger partial charge in [-0.1, -0.05) is 35.7 Å². The highest BCUT2D eigenvalue weighted by atomic mass is 79.9. The largest absolute Gasteiger partial charge is 0.371 e. The summed E-state index contributed by atoms with van der Waals surface area (Å²) in [7, 11) is 0. The number of alkyl halides is 1. The molecular weight excluding hydrogens is 252 g/mol. The molecule has 0 aromatic carbocycles. The third-order valence-electron chi connectivity index (χ3n) is 4.22. The summed E-state index contributed by atoms with van der Waals surface area (Å²) >= 11 is 3.54. The molecule has 1 unspecified atom stereocenters. The van der Waals surface area contributed by atoms with Crippen LogP contribution in [0.4, 0.5) is 0 Å². The van der Waals surface area contributed by atoms with Crippen LogP contribution in [0.1, 0.15) is 58.3 Å². The third-order valence-corrected chi connectivity index (χ3v) is 4.95. The first-order chi connectivity index (χ1) is 7.28. The standard InChI is InChI=1S/C13H23BrO/c1-2-3-11-4-7-13(8-5-11)9-6-12(10-14)15-13/h11-12H,2-10H2,1H3. The Balaban J connectivity index is 1.82. The van der Waals surface area contributed by atoms with Gasteiger partial charge in [-0.3, -0.25) is 0 Å². The van der Waals surface area contributed by atoms with Crippen molar-refractivity contribution in [2.75, 3.05) is 5.33 Å². The zero-order chi connectivity index (χ0) is 10.7. The first-order valence-electron chi connectivity index (χ1n) is 6.52. The summed E-state index contributed by atoms with van der Waals surface area (Å²) in [4.78, 5) is 0. The first kappa shape index (κ1) is 11.9. The second-order valence-corrected chi connectivity index (χ2v) is 6.00. The molecule has 0 amide bonds. The predicted molar refractivity (Wildman–Crippen MR) is 67.5 cm³/mol. The summed E-state index contributed by atoms with van der Waals surface area (Å²) in [6, 6.07) is 0. The van der Waals surface area contributed by atoms with Crippen LogP contribution in [-0.4, -0.2) is 17.0 Å². The van der Waals surface area contributed by atoms with E-state index in [4.69, 9.17) is 4.74 Å². The predicted octanol–water partition coefficient (Wildman–Crippen LogP) is 4.29. The van der Waals surface area contributed by atoms with Crippen molar-refractivity contribution in [3.05, 3.63) is 0 Å². The lowest BCUT2D eigenvalue weighted by Crippen LogP contribution is -2.34. The van der Waals surface area contributed by atoms with Crippen molar-refractivity contribution in [2.24, 2.45) is 5.92 Å². The lowest BCUT2D eigenvalue weighted by atomic mass is 9.76. The zero-order valence-corrected chi connectivity index (χ0v) is 11.4. The molecule has 2 fully saturated rings. The van der Waals surface area contributed by atoms with Gasteiger partial charge in [-0.25, -0.2) is 0 Å². The van der Waals surface area contributed by atoms with Crippen LogP contribution in [0.15, 0.2) is 0 Å². The summed E-state index contributed by atoms with van der Waals surface area (Å²) in [5, 5.41) is 1.02. The Hall–Kier alpha value is 0.440. The molecule has 1 aliphatic heterocycles. The topological polar surface area (TPSA) is 9.23 Å². The highest BCUT2D eigenvalue weighted by molar-refractivity contribution is 9.09. The van der Waals surface area contributed by atoms with Gasteiger partial charge in [0, 0.05) is 5.33 Å². The van der Waals surface area contributed by atoms with E-state index < -0.39 is 0 Å². The molecule has 0 N–H and O–H groups in total. The van der Waals surface area contributed by atoms with Crippen LogP contribution < -0.4 is 0 Å². The lowest BCUT2D eigenvalue weighted by Gasteiger charge is -2.37. The van der Waals surface area contributed by atoms with Gasteiger partial charge in [0.1, 0.15) is 0 Å². The Labute approximate surface area is 102 Å². The van der Waals surface area contributed by atoms with E-state index in [1.54, 1.807) is 0 Å². The van der Waals surface area contributed by atoms with Gasteiger partial charge in [0.05, 0.1) is 11.7 Å². The molecule has 0 aromatic heterocycles. The molecule has 1 nitrogen and oxygen atoms in total. The zero-order valence-electron chi connectivity index (χ0n) is 9.80. The summed E-state index contributed by atoms with van der Waals surface area (Å²) in [5.74, 6) is 0.993. The highest BCUT2D eigenvalue weighted by Gasteiger charge is 2.41. The van der Waals surface area contributed by atoms with Crippen molar-refractivity contribution >= 4 is 15.9 Å². The summed E-state index contributed by atoms with van der Waals surface area (Å²) in [6.45, 7) is 2.30. The molecule has 1 aliphatic carbocycles. The van der Waals surface area contributed by atoms with E-state index in [1.165, 1.54) is 51.4 Å². The fourth-order valence-corrected chi connectivity index (χ4v) is 3.73. The van der Waals surface area contributed by atoms with Crippen molar-refractivity contribution in [1.82, 2.24) is 0 Å². The fraction of sp³-hybridized carbons (Fsp3) is 1.00. The minimum atomic E-state index is 0.294. The maximum Gasteiger partial charge on any atom is 0.0687 e.